The maximum Gasteiger partial charge on any atom is 0.295 e. The summed E-state index contributed by atoms with van der Waals surface area (Å²) in [5, 5.41) is 11.1. The Hall–Kier alpha value is -3.12. The summed E-state index contributed by atoms with van der Waals surface area (Å²) < 4.78 is 5.76. The SMILES string of the molecule is CCCOc1cccc([C@@H]2/C(=C(\O)c3ccc(C)cc3)C(=O)C(=O)N2CCN(C)C)c1. The van der Waals surface area contributed by atoms with Crippen LogP contribution in [-0.2, 0) is 9.59 Å². The number of carbonyl (C=O) groups is 2. The lowest BCUT2D eigenvalue weighted by Gasteiger charge is -2.27. The van der Waals surface area contributed by atoms with Gasteiger partial charge in [-0.3, -0.25) is 9.59 Å². The molecule has 1 fully saturated rings. The molecule has 0 radical (unpaired) electrons. The van der Waals surface area contributed by atoms with Crippen molar-refractivity contribution in [3.05, 3.63) is 70.8 Å². The van der Waals surface area contributed by atoms with Crippen molar-refractivity contribution >= 4 is 17.4 Å². The Bertz CT molecular complexity index is 979. The lowest BCUT2D eigenvalue weighted by molar-refractivity contribution is -0.140. The van der Waals surface area contributed by atoms with Crippen molar-refractivity contribution in [2.24, 2.45) is 0 Å². The minimum absolute atomic E-state index is 0.111. The number of ketones is 1. The van der Waals surface area contributed by atoms with Crippen molar-refractivity contribution in [3.8, 4) is 5.75 Å². The first-order valence-corrected chi connectivity index (χ1v) is 10.6. The van der Waals surface area contributed by atoms with Crippen LogP contribution in [0.4, 0.5) is 0 Å². The molecule has 2 aromatic rings. The van der Waals surface area contributed by atoms with Gasteiger partial charge in [0.05, 0.1) is 18.2 Å². The molecular formula is C25H30N2O4. The van der Waals surface area contributed by atoms with E-state index in [0.717, 1.165) is 17.5 Å². The Kier molecular flexibility index (Phi) is 7.13. The maximum absolute atomic E-state index is 13.0. The van der Waals surface area contributed by atoms with E-state index in [9.17, 15) is 14.7 Å². The number of Topliss-reactive ketones (excluding diaryl/α,β-unsaturated/α-hetero) is 1. The summed E-state index contributed by atoms with van der Waals surface area (Å²) in [5.74, 6) is -0.745. The first-order valence-electron chi connectivity index (χ1n) is 10.6. The number of likely N-dealkylation sites (N-methyl/N-ethyl adjacent to an activating group) is 1. The fourth-order valence-corrected chi connectivity index (χ4v) is 3.63. The number of benzene rings is 2. The second-order valence-corrected chi connectivity index (χ2v) is 8.08. The third-order valence-electron chi connectivity index (χ3n) is 5.30. The van der Waals surface area contributed by atoms with Crippen molar-refractivity contribution in [2.75, 3.05) is 33.8 Å². The predicted octanol–water partition coefficient (Wildman–Crippen LogP) is 3.77. The third-order valence-corrected chi connectivity index (χ3v) is 5.30. The average molecular weight is 423 g/mol. The number of aliphatic hydroxyl groups excluding tert-OH is 1. The monoisotopic (exact) mass is 422 g/mol. The van der Waals surface area contributed by atoms with Crippen molar-refractivity contribution in [1.82, 2.24) is 9.80 Å². The highest BCUT2D eigenvalue weighted by molar-refractivity contribution is 6.46. The molecule has 1 saturated heterocycles. The van der Waals surface area contributed by atoms with Gasteiger partial charge < -0.3 is 19.6 Å². The van der Waals surface area contributed by atoms with Gasteiger partial charge in [0, 0.05) is 18.7 Å². The van der Waals surface area contributed by atoms with E-state index in [0.29, 0.717) is 31.0 Å². The zero-order valence-corrected chi connectivity index (χ0v) is 18.6. The van der Waals surface area contributed by atoms with Gasteiger partial charge in [0.25, 0.3) is 11.7 Å². The lowest BCUT2D eigenvalue weighted by Crippen LogP contribution is -2.35. The molecule has 0 aliphatic carbocycles. The molecule has 0 unspecified atom stereocenters. The average Bonchev–Trinajstić information content (AvgIpc) is 3.01. The molecule has 6 nitrogen and oxygen atoms in total. The second kappa shape index (κ2) is 9.79. The van der Waals surface area contributed by atoms with E-state index in [4.69, 9.17) is 4.74 Å². The summed E-state index contributed by atoms with van der Waals surface area (Å²) in [6.07, 6.45) is 0.874. The summed E-state index contributed by atoms with van der Waals surface area (Å²) >= 11 is 0. The molecule has 0 spiro atoms. The van der Waals surface area contributed by atoms with Crippen LogP contribution in [0.5, 0.6) is 5.75 Å². The molecule has 1 atom stereocenters. The van der Waals surface area contributed by atoms with E-state index in [-0.39, 0.29) is 11.3 Å². The summed E-state index contributed by atoms with van der Waals surface area (Å²) in [5.41, 5.74) is 2.40. The van der Waals surface area contributed by atoms with Gasteiger partial charge >= 0.3 is 0 Å². The smallest absolute Gasteiger partial charge is 0.295 e. The number of ether oxygens (including phenoxy) is 1. The highest BCUT2D eigenvalue weighted by Gasteiger charge is 2.46. The van der Waals surface area contributed by atoms with E-state index in [2.05, 4.69) is 0 Å². The van der Waals surface area contributed by atoms with Crippen molar-refractivity contribution in [2.45, 2.75) is 26.3 Å². The number of likely N-dealkylation sites (tertiary alicyclic amines) is 1. The largest absolute Gasteiger partial charge is 0.507 e. The molecule has 1 N–H and O–H groups in total. The van der Waals surface area contributed by atoms with Crippen LogP contribution in [0.3, 0.4) is 0 Å². The highest BCUT2D eigenvalue weighted by Crippen LogP contribution is 2.40. The number of hydrogen-bond donors (Lipinski definition) is 1. The Morgan fingerprint density at radius 2 is 1.84 bits per heavy atom. The molecule has 1 aliphatic heterocycles. The molecule has 1 aliphatic rings. The number of amides is 1. The number of rotatable bonds is 8. The Morgan fingerprint density at radius 3 is 2.48 bits per heavy atom. The van der Waals surface area contributed by atoms with Crippen LogP contribution in [-0.4, -0.2) is 60.4 Å². The normalized spacial score (nSPS) is 18.1. The zero-order chi connectivity index (χ0) is 22.5. The molecule has 0 aromatic heterocycles. The Balaban J connectivity index is 2.11. The van der Waals surface area contributed by atoms with Crippen LogP contribution >= 0.6 is 0 Å². The molecule has 0 bridgehead atoms. The molecule has 3 rings (SSSR count). The first kappa shape index (κ1) is 22.6. The van der Waals surface area contributed by atoms with E-state index < -0.39 is 17.7 Å². The lowest BCUT2D eigenvalue weighted by atomic mass is 9.95. The van der Waals surface area contributed by atoms with Gasteiger partial charge in [-0.25, -0.2) is 0 Å². The predicted molar refractivity (Wildman–Crippen MR) is 121 cm³/mol. The third kappa shape index (κ3) is 4.97. The summed E-state index contributed by atoms with van der Waals surface area (Å²) in [6.45, 7) is 5.52. The summed E-state index contributed by atoms with van der Waals surface area (Å²) in [7, 11) is 3.83. The molecular weight excluding hydrogens is 392 g/mol. The van der Waals surface area contributed by atoms with Crippen LogP contribution in [0.15, 0.2) is 54.1 Å². The topological polar surface area (TPSA) is 70.1 Å². The fourth-order valence-electron chi connectivity index (χ4n) is 3.63. The molecule has 1 amide bonds. The first-order chi connectivity index (χ1) is 14.8. The minimum Gasteiger partial charge on any atom is -0.507 e. The number of nitrogens with zero attached hydrogens (tertiary/aromatic N) is 2. The van der Waals surface area contributed by atoms with Crippen molar-refractivity contribution < 1.29 is 19.4 Å². The Morgan fingerprint density at radius 1 is 1.13 bits per heavy atom. The molecule has 1 heterocycles. The molecule has 6 heteroatoms. The second-order valence-electron chi connectivity index (χ2n) is 8.08. The van der Waals surface area contributed by atoms with Gasteiger partial charge in [0.15, 0.2) is 0 Å². The van der Waals surface area contributed by atoms with Gasteiger partial charge in [0.1, 0.15) is 11.5 Å². The van der Waals surface area contributed by atoms with E-state index in [1.807, 2.05) is 69.2 Å². The quantitative estimate of drug-likeness (QED) is 0.398. The summed E-state index contributed by atoms with van der Waals surface area (Å²) in [4.78, 5) is 29.5. The number of aryl methyl sites for hydroxylation is 1. The number of hydrogen-bond acceptors (Lipinski definition) is 5. The molecule has 2 aromatic carbocycles. The van der Waals surface area contributed by atoms with Crippen molar-refractivity contribution in [3.63, 3.8) is 0 Å². The van der Waals surface area contributed by atoms with Gasteiger partial charge in [-0.05, 0) is 45.1 Å². The van der Waals surface area contributed by atoms with Crippen LogP contribution in [0.25, 0.3) is 5.76 Å². The van der Waals surface area contributed by atoms with Crippen LogP contribution < -0.4 is 4.74 Å². The fraction of sp³-hybridized carbons (Fsp3) is 0.360. The van der Waals surface area contributed by atoms with Crippen LogP contribution in [0.2, 0.25) is 0 Å². The van der Waals surface area contributed by atoms with Gasteiger partial charge in [-0.2, -0.15) is 0 Å². The van der Waals surface area contributed by atoms with Crippen LogP contribution in [0.1, 0.15) is 36.1 Å². The van der Waals surface area contributed by atoms with Crippen LogP contribution in [0, 0.1) is 6.92 Å². The number of carbonyl (C=O) groups excluding carboxylic acids is 2. The highest BCUT2D eigenvalue weighted by atomic mass is 16.5. The molecule has 164 valence electrons. The van der Waals surface area contributed by atoms with Crippen molar-refractivity contribution in [1.29, 1.82) is 0 Å². The molecule has 31 heavy (non-hydrogen) atoms. The number of aliphatic hydroxyl groups is 1. The van der Waals surface area contributed by atoms with Gasteiger partial charge in [0.2, 0.25) is 0 Å². The standard InChI is InChI=1S/C25H30N2O4/c1-5-15-31-20-8-6-7-19(16-20)22-21(23(28)18-11-9-17(2)10-12-18)24(29)25(30)27(22)14-13-26(3)4/h6-12,16,22,28H,5,13-15H2,1-4H3/b23-21+/t22-/m1/s1. The molecule has 0 saturated carbocycles. The van der Waals surface area contributed by atoms with E-state index in [1.54, 1.807) is 17.0 Å². The van der Waals surface area contributed by atoms with E-state index >= 15 is 0 Å². The Labute approximate surface area is 183 Å². The van der Waals surface area contributed by atoms with Gasteiger partial charge in [-0.1, -0.05) is 48.9 Å². The van der Waals surface area contributed by atoms with E-state index in [1.165, 1.54) is 0 Å². The summed E-state index contributed by atoms with van der Waals surface area (Å²) in [6, 6.07) is 14.0. The van der Waals surface area contributed by atoms with Gasteiger partial charge in [-0.15, -0.1) is 0 Å². The minimum atomic E-state index is -0.675. The maximum atomic E-state index is 13.0. The zero-order valence-electron chi connectivity index (χ0n) is 18.6.